The van der Waals surface area contributed by atoms with Gasteiger partial charge in [-0.3, -0.25) is 19.3 Å². The van der Waals surface area contributed by atoms with Gasteiger partial charge in [0.25, 0.3) is 11.8 Å². The maximum atomic E-state index is 13.6. The second kappa shape index (κ2) is 8.41. The first-order valence-electron chi connectivity index (χ1n) is 10.6. The van der Waals surface area contributed by atoms with E-state index in [4.69, 9.17) is 9.47 Å². The van der Waals surface area contributed by atoms with E-state index in [-0.39, 0.29) is 11.8 Å². The number of nitrogens with zero attached hydrogens (tertiary/aromatic N) is 2. The molecule has 2 aliphatic rings. The zero-order valence-electron chi connectivity index (χ0n) is 18.0. The van der Waals surface area contributed by atoms with Crippen molar-refractivity contribution in [2.24, 2.45) is 5.92 Å². The van der Waals surface area contributed by atoms with Crippen LogP contribution in [0.5, 0.6) is 11.5 Å². The van der Waals surface area contributed by atoms with Gasteiger partial charge >= 0.3 is 0 Å². The molecule has 7 heteroatoms. The summed E-state index contributed by atoms with van der Waals surface area (Å²) in [6.45, 7) is 7.24. The summed E-state index contributed by atoms with van der Waals surface area (Å²) in [6, 6.07) is 11.4. The van der Waals surface area contributed by atoms with Crippen molar-refractivity contribution >= 4 is 17.7 Å². The lowest BCUT2D eigenvalue weighted by Gasteiger charge is -2.33. The SMILES string of the molecule is CCN(Cc1cccc2c1OCCO2)C(=O)C(C(C)C)N1C(=O)c2ccccc2C1=O. The Hall–Kier alpha value is -3.35. The van der Waals surface area contributed by atoms with Crippen molar-refractivity contribution in [2.75, 3.05) is 19.8 Å². The summed E-state index contributed by atoms with van der Waals surface area (Å²) in [7, 11) is 0. The summed E-state index contributed by atoms with van der Waals surface area (Å²) in [6.07, 6.45) is 0. The van der Waals surface area contributed by atoms with E-state index in [2.05, 4.69) is 0 Å². The predicted molar refractivity (Wildman–Crippen MR) is 114 cm³/mol. The minimum absolute atomic E-state index is 0.243. The molecule has 0 spiro atoms. The molecule has 0 N–H and O–H groups in total. The normalized spacial score (nSPS) is 15.8. The van der Waals surface area contributed by atoms with Crippen molar-refractivity contribution in [3.8, 4) is 11.5 Å². The molecule has 1 unspecified atom stereocenters. The van der Waals surface area contributed by atoms with E-state index in [1.165, 1.54) is 0 Å². The van der Waals surface area contributed by atoms with Gasteiger partial charge in [0, 0.05) is 18.7 Å². The zero-order valence-corrected chi connectivity index (χ0v) is 18.0. The van der Waals surface area contributed by atoms with Gasteiger partial charge in [0.1, 0.15) is 19.3 Å². The fourth-order valence-electron chi connectivity index (χ4n) is 4.15. The maximum Gasteiger partial charge on any atom is 0.262 e. The Bertz CT molecular complexity index is 997. The summed E-state index contributed by atoms with van der Waals surface area (Å²) in [5.41, 5.74) is 1.52. The highest BCUT2D eigenvalue weighted by Gasteiger charge is 2.45. The number of carbonyl (C=O) groups excluding carboxylic acids is 3. The summed E-state index contributed by atoms with van der Waals surface area (Å²) in [4.78, 5) is 42.4. The maximum absolute atomic E-state index is 13.6. The third-order valence-corrected chi connectivity index (χ3v) is 5.69. The van der Waals surface area contributed by atoms with Gasteiger partial charge in [-0.25, -0.2) is 0 Å². The number of hydrogen-bond acceptors (Lipinski definition) is 5. The van der Waals surface area contributed by atoms with Crippen LogP contribution in [0.2, 0.25) is 0 Å². The molecule has 4 rings (SSSR count). The van der Waals surface area contributed by atoms with E-state index < -0.39 is 17.9 Å². The molecule has 0 fully saturated rings. The minimum Gasteiger partial charge on any atom is -0.486 e. The number of fused-ring (bicyclic) bond motifs is 2. The molecule has 0 saturated heterocycles. The van der Waals surface area contributed by atoms with Crippen molar-refractivity contribution in [1.82, 2.24) is 9.80 Å². The second-order valence-corrected chi connectivity index (χ2v) is 8.01. The number of rotatable bonds is 6. The third kappa shape index (κ3) is 3.65. The Morgan fingerprint density at radius 1 is 1.00 bits per heavy atom. The van der Waals surface area contributed by atoms with Crippen LogP contribution in [0.25, 0.3) is 0 Å². The lowest BCUT2D eigenvalue weighted by atomic mass is 10.00. The van der Waals surface area contributed by atoms with Crippen molar-refractivity contribution in [1.29, 1.82) is 0 Å². The first-order chi connectivity index (χ1) is 14.9. The zero-order chi connectivity index (χ0) is 22.1. The first kappa shape index (κ1) is 20.9. The Kier molecular flexibility index (Phi) is 5.67. The van der Waals surface area contributed by atoms with Crippen molar-refractivity contribution < 1.29 is 23.9 Å². The Morgan fingerprint density at radius 2 is 1.65 bits per heavy atom. The molecule has 2 heterocycles. The molecule has 2 aromatic carbocycles. The average Bonchev–Trinajstić information content (AvgIpc) is 3.03. The van der Waals surface area contributed by atoms with E-state index in [9.17, 15) is 14.4 Å². The fraction of sp³-hybridized carbons (Fsp3) is 0.375. The van der Waals surface area contributed by atoms with Gasteiger partial charge < -0.3 is 14.4 Å². The van der Waals surface area contributed by atoms with Gasteiger partial charge in [0.05, 0.1) is 11.1 Å². The number of amides is 3. The summed E-state index contributed by atoms with van der Waals surface area (Å²) < 4.78 is 11.4. The van der Waals surface area contributed by atoms with Gasteiger partial charge in [0.2, 0.25) is 5.91 Å². The molecular weight excluding hydrogens is 396 g/mol. The van der Waals surface area contributed by atoms with Crippen LogP contribution < -0.4 is 9.47 Å². The predicted octanol–water partition coefficient (Wildman–Crippen LogP) is 3.13. The van der Waals surface area contributed by atoms with Crippen LogP contribution in [0.3, 0.4) is 0 Å². The number of para-hydroxylation sites is 1. The highest BCUT2D eigenvalue weighted by molar-refractivity contribution is 6.22. The smallest absolute Gasteiger partial charge is 0.262 e. The van der Waals surface area contributed by atoms with E-state index in [0.29, 0.717) is 48.9 Å². The molecule has 1 atom stereocenters. The number of carbonyl (C=O) groups is 3. The molecule has 0 saturated carbocycles. The largest absolute Gasteiger partial charge is 0.486 e. The highest BCUT2D eigenvalue weighted by Crippen LogP contribution is 2.35. The molecule has 2 aromatic rings. The molecule has 162 valence electrons. The average molecular weight is 422 g/mol. The summed E-state index contributed by atoms with van der Waals surface area (Å²) in [5, 5.41) is 0. The number of benzene rings is 2. The lowest BCUT2D eigenvalue weighted by molar-refractivity contribution is -0.137. The second-order valence-electron chi connectivity index (χ2n) is 8.01. The van der Waals surface area contributed by atoms with Crippen LogP contribution in [0.15, 0.2) is 42.5 Å². The molecule has 3 amide bonds. The highest BCUT2D eigenvalue weighted by atomic mass is 16.6. The van der Waals surface area contributed by atoms with Gasteiger partial charge in [0.15, 0.2) is 11.5 Å². The molecule has 0 bridgehead atoms. The summed E-state index contributed by atoms with van der Waals surface area (Å²) >= 11 is 0. The molecule has 0 aromatic heterocycles. The molecule has 2 aliphatic heterocycles. The number of likely N-dealkylation sites (N-methyl/N-ethyl adjacent to an activating group) is 1. The molecule has 0 aliphatic carbocycles. The molecule has 31 heavy (non-hydrogen) atoms. The van der Waals surface area contributed by atoms with Crippen molar-refractivity contribution in [3.05, 3.63) is 59.2 Å². The van der Waals surface area contributed by atoms with Gasteiger partial charge in [-0.2, -0.15) is 0 Å². The quantitative estimate of drug-likeness (QED) is 0.669. The third-order valence-electron chi connectivity index (χ3n) is 5.69. The fourth-order valence-corrected chi connectivity index (χ4v) is 4.15. The van der Waals surface area contributed by atoms with E-state index in [1.54, 1.807) is 29.2 Å². The van der Waals surface area contributed by atoms with E-state index >= 15 is 0 Å². The Balaban J connectivity index is 1.63. The van der Waals surface area contributed by atoms with Crippen LogP contribution in [-0.2, 0) is 11.3 Å². The van der Waals surface area contributed by atoms with Crippen LogP contribution in [0.4, 0.5) is 0 Å². The number of imide groups is 1. The minimum atomic E-state index is -0.885. The van der Waals surface area contributed by atoms with Crippen molar-refractivity contribution in [3.63, 3.8) is 0 Å². The number of ether oxygens (including phenoxy) is 2. The van der Waals surface area contributed by atoms with Crippen LogP contribution in [0, 0.1) is 5.92 Å². The standard InChI is InChI=1S/C24H26N2O5/c1-4-25(14-16-8-7-11-19-21(16)31-13-12-30-19)24(29)20(15(2)3)26-22(27)17-9-5-6-10-18(17)23(26)28/h5-11,15,20H,4,12-14H2,1-3H3. The Morgan fingerprint density at radius 3 is 2.26 bits per heavy atom. The molecule has 7 nitrogen and oxygen atoms in total. The Labute approximate surface area is 181 Å². The molecular formula is C24H26N2O5. The van der Waals surface area contributed by atoms with Crippen LogP contribution in [0.1, 0.15) is 47.1 Å². The topological polar surface area (TPSA) is 76.2 Å². The van der Waals surface area contributed by atoms with Gasteiger partial charge in [-0.15, -0.1) is 0 Å². The van der Waals surface area contributed by atoms with E-state index in [0.717, 1.165) is 10.5 Å². The van der Waals surface area contributed by atoms with Crippen LogP contribution >= 0.6 is 0 Å². The van der Waals surface area contributed by atoms with Gasteiger partial charge in [-0.1, -0.05) is 38.1 Å². The molecule has 0 radical (unpaired) electrons. The van der Waals surface area contributed by atoms with Crippen molar-refractivity contribution in [2.45, 2.75) is 33.4 Å². The summed E-state index contributed by atoms with van der Waals surface area (Å²) in [5.74, 6) is -0.0424. The first-order valence-corrected chi connectivity index (χ1v) is 10.6. The lowest BCUT2D eigenvalue weighted by Crippen LogP contribution is -2.53. The number of hydrogen-bond donors (Lipinski definition) is 0. The monoisotopic (exact) mass is 422 g/mol. The van der Waals surface area contributed by atoms with Crippen LogP contribution in [-0.4, -0.2) is 53.3 Å². The van der Waals surface area contributed by atoms with Gasteiger partial charge in [-0.05, 0) is 31.0 Å². The van der Waals surface area contributed by atoms with E-state index in [1.807, 2.05) is 39.0 Å².